The van der Waals surface area contributed by atoms with E-state index in [2.05, 4.69) is 20.9 Å². The number of hydrogen-bond donors (Lipinski definition) is 0. The van der Waals surface area contributed by atoms with Gasteiger partial charge in [-0.2, -0.15) is 18.4 Å². The summed E-state index contributed by atoms with van der Waals surface area (Å²) in [7, 11) is 0. The van der Waals surface area contributed by atoms with Crippen LogP contribution in [0.2, 0.25) is 0 Å². The van der Waals surface area contributed by atoms with Crippen LogP contribution in [0.15, 0.2) is 50.9 Å². The Morgan fingerprint density at radius 3 is 2.50 bits per heavy atom. The number of benzene rings is 1. The molecular weight excluding hydrogens is 353 g/mol. The Morgan fingerprint density at radius 2 is 1.95 bits per heavy atom. The van der Waals surface area contributed by atoms with Crippen LogP contribution in [0.5, 0.6) is 0 Å². The Balaban J connectivity index is 2.27. The zero-order valence-corrected chi connectivity index (χ0v) is 12.2. The first-order valence-electron chi connectivity index (χ1n) is 5.31. The highest BCUT2D eigenvalue weighted by molar-refractivity contribution is 9.10. The minimum Gasteiger partial charge on any atom is -0.249 e. The number of halogens is 4. The van der Waals surface area contributed by atoms with Crippen LogP contribution in [0.4, 0.5) is 13.2 Å². The molecular formula is C13H6BrF3N2S. The van der Waals surface area contributed by atoms with Crippen molar-refractivity contribution in [3.8, 4) is 6.07 Å². The lowest BCUT2D eigenvalue weighted by atomic mass is 10.2. The topological polar surface area (TPSA) is 36.7 Å². The molecule has 0 saturated carbocycles. The average Bonchev–Trinajstić information content (AvgIpc) is 2.38. The summed E-state index contributed by atoms with van der Waals surface area (Å²) in [5.41, 5.74) is -0.350. The molecule has 0 N–H and O–H groups in total. The Morgan fingerprint density at radius 1 is 1.20 bits per heavy atom. The van der Waals surface area contributed by atoms with Gasteiger partial charge in [-0.25, -0.2) is 4.98 Å². The van der Waals surface area contributed by atoms with Crippen LogP contribution in [0.3, 0.4) is 0 Å². The zero-order chi connectivity index (χ0) is 14.8. The zero-order valence-electron chi connectivity index (χ0n) is 9.78. The second kappa shape index (κ2) is 5.85. The minimum absolute atomic E-state index is 0.396. The van der Waals surface area contributed by atoms with Gasteiger partial charge in [-0.05, 0) is 30.3 Å². The fourth-order valence-electron chi connectivity index (χ4n) is 1.39. The normalized spacial score (nSPS) is 11.2. The summed E-state index contributed by atoms with van der Waals surface area (Å²) in [5.74, 6) is 0. The number of aromatic nitrogens is 1. The van der Waals surface area contributed by atoms with Crippen LogP contribution in [0, 0.1) is 11.3 Å². The molecule has 0 aliphatic carbocycles. The Labute approximate surface area is 125 Å². The van der Waals surface area contributed by atoms with Gasteiger partial charge in [0.25, 0.3) is 0 Å². The standard InChI is InChI=1S/C13H6BrF3N2S/c14-10-3-1-8(6-18)11(5-10)20-12-4-2-9(7-19-12)13(15,16)17/h1-5,7H. The number of pyridine rings is 1. The van der Waals surface area contributed by atoms with E-state index in [-0.39, 0.29) is 0 Å². The second-order valence-corrected chi connectivity index (χ2v) is 5.72. The Hall–Kier alpha value is -1.52. The van der Waals surface area contributed by atoms with Gasteiger partial charge >= 0.3 is 6.18 Å². The van der Waals surface area contributed by atoms with E-state index in [4.69, 9.17) is 5.26 Å². The van der Waals surface area contributed by atoms with Gasteiger partial charge in [0.1, 0.15) is 11.1 Å². The molecule has 2 aromatic rings. The van der Waals surface area contributed by atoms with Crippen molar-refractivity contribution in [3.05, 3.63) is 52.1 Å². The minimum atomic E-state index is -4.40. The fraction of sp³-hybridized carbons (Fsp3) is 0.0769. The van der Waals surface area contributed by atoms with Crippen molar-refractivity contribution in [1.29, 1.82) is 5.26 Å². The van der Waals surface area contributed by atoms with Gasteiger partial charge < -0.3 is 0 Å². The summed E-state index contributed by atoms with van der Waals surface area (Å²) < 4.78 is 38.0. The SMILES string of the molecule is N#Cc1ccc(Br)cc1Sc1ccc(C(F)(F)F)cn1. The van der Waals surface area contributed by atoms with Crippen molar-refractivity contribution in [2.75, 3.05) is 0 Å². The molecule has 7 heteroatoms. The van der Waals surface area contributed by atoms with Gasteiger partial charge in [-0.15, -0.1) is 0 Å². The molecule has 0 amide bonds. The van der Waals surface area contributed by atoms with Crippen LogP contribution in [0.1, 0.15) is 11.1 Å². The molecule has 2 nitrogen and oxygen atoms in total. The van der Waals surface area contributed by atoms with Gasteiger partial charge in [0.2, 0.25) is 0 Å². The van der Waals surface area contributed by atoms with Gasteiger partial charge in [0.05, 0.1) is 11.1 Å². The molecule has 0 radical (unpaired) electrons. The number of rotatable bonds is 2. The molecule has 0 aliphatic rings. The smallest absolute Gasteiger partial charge is 0.249 e. The van der Waals surface area contributed by atoms with E-state index < -0.39 is 11.7 Å². The maximum atomic E-state index is 12.4. The van der Waals surface area contributed by atoms with Crippen LogP contribution in [-0.4, -0.2) is 4.98 Å². The first-order chi connectivity index (χ1) is 9.40. The largest absolute Gasteiger partial charge is 0.417 e. The van der Waals surface area contributed by atoms with Crippen LogP contribution >= 0.6 is 27.7 Å². The third-order valence-corrected chi connectivity index (χ3v) is 3.84. The molecule has 0 aliphatic heterocycles. The molecule has 1 aromatic carbocycles. The van der Waals surface area contributed by atoms with Crippen molar-refractivity contribution >= 4 is 27.7 Å². The van der Waals surface area contributed by atoms with E-state index in [0.29, 0.717) is 15.5 Å². The van der Waals surface area contributed by atoms with Crippen molar-refractivity contribution in [1.82, 2.24) is 4.98 Å². The van der Waals surface area contributed by atoms with E-state index >= 15 is 0 Å². The predicted molar refractivity (Wildman–Crippen MR) is 72.2 cm³/mol. The summed E-state index contributed by atoms with van der Waals surface area (Å²) in [4.78, 5) is 4.40. The van der Waals surface area contributed by atoms with Crippen LogP contribution in [0.25, 0.3) is 0 Å². The highest BCUT2D eigenvalue weighted by atomic mass is 79.9. The van der Waals surface area contributed by atoms with Crippen molar-refractivity contribution in [2.45, 2.75) is 16.1 Å². The molecule has 1 aromatic heterocycles. The molecule has 0 fully saturated rings. The number of nitrogens with zero attached hydrogens (tertiary/aromatic N) is 2. The van der Waals surface area contributed by atoms with E-state index in [9.17, 15) is 13.2 Å². The van der Waals surface area contributed by atoms with E-state index in [0.717, 1.165) is 28.5 Å². The lowest BCUT2D eigenvalue weighted by Gasteiger charge is -2.07. The van der Waals surface area contributed by atoms with Gasteiger partial charge in [0, 0.05) is 15.6 Å². The first-order valence-corrected chi connectivity index (χ1v) is 6.92. The Kier molecular flexibility index (Phi) is 4.35. The van der Waals surface area contributed by atoms with Crippen LogP contribution in [-0.2, 0) is 6.18 Å². The predicted octanol–water partition coefficient (Wildman–Crippen LogP) is 4.89. The maximum Gasteiger partial charge on any atom is 0.417 e. The van der Waals surface area contributed by atoms with Gasteiger partial charge in [-0.1, -0.05) is 27.7 Å². The molecule has 0 atom stereocenters. The lowest BCUT2D eigenvalue weighted by Crippen LogP contribution is -2.05. The van der Waals surface area contributed by atoms with E-state index in [1.807, 2.05) is 6.07 Å². The van der Waals surface area contributed by atoms with Crippen molar-refractivity contribution < 1.29 is 13.2 Å². The summed E-state index contributed by atoms with van der Waals surface area (Å²) >= 11 is 4.43. The molecule has 102 valence electrons. The summed E-state index contributed by atoms with van der Waals surface area (Å²) in [6, 6.07) is 9.37. The summed E-state index contributed by atoms with van der Waals surface area (Å²) in [5, 5.41) is 9.39. The Bertz CT molecular complexity index is 663. The molecule has 20 heavy (non-hydrogen) atoms. The molecule has 2 rings (SSSR count). The molecule has 0 spiro atoms. The van der Waals surface area contributed by atoms with Crippen molar-refractivity contribution in [3.63, 3.8) is 0 Å². The van der Waals surface area contributed by atoms with Crippen molar-refractivity contribution in [2.24, 2.45) is 0 Å². The van der Waals surface area contributed by atoms with Gasteiger partial charge in [0.15, 0.2) is 0 Å². The molecule has 1 heterocycles. The van der Waals surface area contributed by atoms with Gasteiger partial charge in [-0.3, -0.25) is 0 Å². The van der Waals surface area contributed by atoms with E-state index in [1.165, 1.54) is 6.07 Å². The number of hydrogen-bond acceptors (Lipinski definition) is 3. The molecule has 0 unspecified atom stereocenters. The molecule has 0 bridgehead atoms. The second-order valence-electron chi connectivity index (χ2n) is 3.74. The molecule has 0 saturated heterocycles. The quantitative estimate of drug-likeness (QED) is 0.767. The maximum absolute atomic E-state index is 12.4. The van der Waals surface area contributed by atoms with E-state index in [1.54, 1.807) is 18.2 Å². The average molecular weight is 359 g/mol. The highest BCUT2D eigenvalue weighted by Crippen LogP contribution is 2.33. The monoisotopic (exact) mass is 358 g/mol. The van der Waals surface area contributed by atoms with Crippen LogP contribution < -0.4 is 0 Å². The third kappa shape index (κ3) is 3.52. The fourth-order valence-corrected chi connectivity index (χ4v) is 2.78. The highest BCUT2D eigenvalue weighted by Gasteiger charge is 2.30. The summed E-state index contributed by atoms with van der Waals surface area (Å²) in [6.07, 6.45) is -3.61. The number of alkyl halides is 3. The first kappa shape index (κ1) is 14.9. The number of nitriles is 1. The summed E-state index contributed by atoms with van der Waals surface area (Å²) in [6.45, 7) is 0. The lowest BCUT2D eigenvalue weighted by molar-refractivity contribution is -0.137. The third-order valence-electron chi connectivity index (χ3n) is 2.34.